The Bertz CT molecular complexity index is 1210. The minimum absolute atomic E-state index is 0.0804. The van der Waals surface area contributed by atoms with Gasteiger partial charge in [0.15, 0.2) is 0 Å². The lowest BCUT2D eigenvalue weighted by atomic mass is 9.78. The van der Waals surface area contributed by atoms with E-state index in [9.17, 15) is 21.6 Å². The van der Waals surface area contributed by atoms with E-state index in [1.807, 2.05) is 25.1 Å². The average Bonchev–Trinajstić information content (AvgIpc) is 3.39. The molecular formula is C28H40F3N5O2S. The van der Waals surface area contributed by atoms with Gasteiger partial charge in [-0.15, -0.1) is 10.2 Å². The lowest BCUT2D eigenvalue weighted by molar-refractivity contribution is -0.0497. The first-order valence-electron chi connectivity index (χ1n) is 14.3. The molecule has 3 atom stereocenters. The first kappa shape index (κ1) is 28.5. The average molecular weight is 568 g/mol. The highest BCUT2D eigenvalue weighted by Crippen LogP contribution is 2.44. The standard InChI is InChI=1S/C28H40F3N5O2S/c1-19(2)27-33-32-20(3)36(27)25-17-23-9-10-24(18-25)35(23)16-13-26(21-7-5-4-6-8-21)22-11-14-34(15-12-22)39(37,38)28(29,30)31/h4-8,19,22-26H,9-18H2,1-3H3/t23?,24?,25?,26-/m1/s1. The number of piperidine rings is 2. The number of aryl methyl sites for hydroxylation is 1. The van der Waals surface area contributed by atoms with Gasteiger partial charge in [-0.3, -0.25) is 4.90 Å². The van der Waals surface area contributed by atoms with Gasteiger partial charge in [-0.2, -0.15) is 17.5 Å². The van der Waals surface area contributed by atoms with Crippen LogP contribution >= 0.6 is 0 Å². The number of halogens is 3. The molecule has 0 spiro atoms. The van der Waals surface area contributed by atoms with Gasteiger partial charge in [0.25, 0.3) is 0 Å². The molecule has 2 bridgehead atoms. The van der Waals surface area contributed by atoms with Crippen LogP contribution in [0, 0.1) is 12.8 Å². The molecule has 1 aromatic heterocycles. The van der Waals surface area contributed by atoms with Gasteiger partial charge < -0.3 is 4.57 Å². The molecule has 0 N–H and O–H groups in total. The third-order valence-electron chi connectivity index (χ3n) is 9.26. The van der Waals surface area contributed by atoms with E-state index in [1.54, 1.807) is 0 Å². The summed E-state index contributed by atoms with van der Waals surface area (Å²) in [7, 11) is -5.27. The van der Waals surface area contributed by atoms with Gasteiger partial charge in [-0.05, 0) is 75.8 Å². The van der Waals surface area contributed by atoms with Crippen molar-refractivity contribution in [1.29, 1.82) is 0 Å². The summed E-state index contributed by atoms with van der Waals surface area (Å²) >= 11 is 0. The number of aromatic nitrogens is 3. The Morgan fingerprint density at radius 2 is 1.56 bits per heavy atom. The highest BCUT2D eigenvalue weighted by atomic mass is 32.2. The fraction of sp³-hybridized carbons (Fsp3) is 0.714. The van der Waals surface area contributed by atoms with Gasteiger partial charge in [0.1, 0.15) is 11.6 Å². The van der Waals surface area contributed by atoms with E-state index in [0.29, 0.717) is 41.2 Å². The maximum absolute atomic E-state index is 13.1. The molecule has 3 aliphatic rings. The molecular weight excluding hydrogens is 527 g/mol. The van der Waals surface area contributed by atoms with E-state index in [4.69, 9.17) is 0 Å². The van der Waals surface area contributed by atoms with Crippen LogP contribution in [0.2, 0.25) is 0 Å². The zero-order chi connectivity index (χ0) is 27.9. The summed E-state index contributed by atoms with van der Waals surface area (Å²) in [4.78, 5) is 2.67. The Kier molecular flexibility index (Phi) is 8.14. The van der Waals surface area contributed by atoms with Crippen molar-refractivity contribution in [2.24, 2.45) is 5.92 Å². The van der Waals surface area contributed by atoms with Crippen molar-refractivity contribution < 1.29 is 21.6 Å². The van der Waals surface area contributed by atoms with Crippen molar-refractivity contribution in [1.82, 2.24) is 24.0 Å². The van der Waals surface area contributed by atoms with Gasteiger partial charge >= 0.3 is 15.5 Å². The first-order valence-corrected chi connectivity index (χ1v) is 15.7. The summed E-state index contributed by atoms with van der Waals surface area (Å²) in [5, 5.41) is 8.83. The Balaban J connectivity index is 1.26. The van der Waals surface area contributed by atoms with Gasteiger partial charge in [0.2, 0.25) is 0 Å². The first-order chi connectivity index (χ1) is 18.5. The molecule has 3 aliphatic heterocycles. The van der Waals surface area contributed by atoms with Crippen LogP contribution in [0.25, 0.3) is 0 Å². The number of alkyl halides is 3. The number of nitrogens with zero attached hydrogens (tertiary/aromatic N) is 5. The van der Waals surface area contributed by atoms with Crippen LogP contribution < -0.4 is 0 Å². The van der Waals surface area contributed by atoms with Gasteiger partial charge in [0, 0.05) is 37.1 Å². The van der Waals surface area contributed by atoms with E-state index in [1.165, 1.54) is 18.4 Å². The molecule has 11 heteroatoms. The summed E-state index contributed by atoms with van der Waals surface area (Å²) in [5.74, 6) is 2.71. The normalized spacial score (nSPS) is 26.4. The van der Waals surface area contributed by atoms with Crippen LogP contribution in [-0.4, -0.2) is 69.6 Å². The number of rotatable bonds is 8. The molecule has 3 fully saturated rings. The van der Waals surface area contributed by atoms with Crippen LogP contribution in [0.15, 0.2) is 30.3 Å². The van der Waals surface area contributed by atoms with Crippen molar-refractivity contribution in [3.63, 3.8) is 0 Å². The van der Waals surface area contributed by atoms with E-state index >= 15 is 0 Å². The van der Waals surface area contributed by atoms with Crippen molar-refractivity contribution in [3.05, 3.63) is 47.5 Å². The number of benzene rings is 1. The van der Waals surface area contributed by atoms with Gasteiger partial charge in [-0.1, -0.05) is 44.2 Å². The number of fused-ring (bicyclic) bond motifs is 2. The number of hydrogen-bond donors (Lipinski definition) is 0. The minimum Gasteiger partial charge on any atom is -0.312 e. The topological polar surface area (TPSA) is 71.3 Å². The SMILES string of the molecule is Cc1nnc(C(C)C)n1C1CC2CCC(C1)N2CC[C@H](c1ccccc1)C1CCN(S(=O)(=O)C(F)(F)F)CC1. The lowest BCUT2D eigenvalue weighted by Gasteiger charge is -2.42. The van der Waals surface area contributed by atoms with Gasteiger partial charge in [0.05, 0.1) is 0 Å². The van der Waals surface area contributed by atoms with E-state index in [2.05, 4.69) is 45.6 Å². The smallest absolute Gasteiger partial charge is 0.312 e. The highest BCUT2D eigenvalue weighted by molar-refractivity contribution is 7.90. The molecule has 4 heterocycles. The highest BCUT2D eigenvalue weighted by Gasteiger charge is 2.51. The second-order valence-electron chi connectivity index (χ2n) is 11.9. The molecule has 0 amide bonds. The molecule has 0 radical (unpaired) electrons. The Hall–Kier alpha value is -1.98. The monoisotopic (exact) mass is 567 g/mol. The van der Waals surface area contributed by atoms with Crippen molar-refractivity contribution in [3.8, 4) is 0 Å². The molecule has 1 aromatic carbocycles. The molecule has 7 nitrogen and oxygen atoms in total. The largest absolute Gasteiger partial charge is 0.511 e. The lowest BCUT2D eigenvalue weighted by Crippen LogP contribution is -2.46. The van der Waals surface area contributed by atoms with Crippen LogP contribution in [-0.2, 0) is 10.0 Å². The van der Waals surface area contributed by atoms with Crippen molar-refractivity contribution in [2.45, 2.75) is 101 Å². The third kappa shape index (κ3) is 5.63. The van der Waals surface area contributed by atoms with Crippen LogP contribution in [0.1, 0.15) is 93.9 Å². The molecule has 216 valence electrons. The molecule has 5 rings (SSSR count). The van der Waals surface area contributed by atoms with E-state index in [0.717, 1.165) is 37.5 Å². The minimum atomic E-state index is -5.27. The number of sulfonamides is 1. The molecule has 39 heavy (non-hydrogen) atoms. The molecule has 2 aromatic rings. The summed E-state index contributed by atoms with van der Waals surface area (Å²) in [5.41, 5.74) is -4.05. The zero-order valence-corrected chi connectivity index (χ0v) is 23.8. The molecule has 2 unspecified atom stereocenters. The Morgan fingerprint density at radius 1 is 0.949 bits per heavy atom. The summed E-state index contributed by atoms with van der Waals surface area (Å²) in [6.45, 7) is 7.16. The van der Waals surface area contributed by atoms with Crippen molar-refractivity contribution >= 4 is 10.0 Å². The van der Waals surface area contributed by atoms with Crippen molar-refractivity contribution in [2.75, 3.05) is 19.6 Å². The zero-order valence-electron chi connectivity index (χ0n) is 23.0. The summed E-state index contributed by atoms with van der Waals surface area (Å²) in [6.07, 6.45) is 6.33. The molecule has 0 aliphatic carbocycles. The maximum Gasteiger partial charge on any atom is 0.511 e. The summed E-state index contributed by atoms with van der Waals surface area (Å²) in [6, 6.07) is 11.6. The quantitative estimate of drug-likeness (QED) is 0.415. The maximum atomic E-state index is 13.1. The van der Waals surface area contributed by atoms with E-state index in [-0.39, 0.29) is 24.9 Å². The third-order valence-corrected chi connectivity index (χ3v) is 10.9. The van der Waals surface area contributed by atoms with E-state index < -0.39 is 15.5 Å². The molecule has 3 saturated heterocycles. The molecule has 0 saturated carbocycles. The number of hydrogen-bond acceptors (Lipinski definition) is 5. The van der Waals surface area contributed by atoms with Crippen LogP contribution in [0.5, 0.6) is 0 Å². The second-order valence-corrected chi connectivity index (χ2v) is 13.8. The predicted octanol–water partition coefficient (Wildman–Crippen LogP) is 5.61. The fourth-order valence-electron chi connectivity index (χ4n) is 7.38. The second kappa shape index (κ2) is 11.1. The Morgan fingerprint density at radius 3 is 2.13 bits per heavy atom. The fourth-order valence-corrected chi connectivity index (χ4v) is 8.36. The summed E-state index contributed by atoms with van der Waals surface area (Å²) < 4.78 is 66.2. The van der Waals surface area contributed by atoms with Crippen LogP contribution in [0.3, 0.4) is 0 Å². The van der Waals surface area contributed by atoms with Crippen LogP contribution in [0.4, 0.5) is 13.2 Å². The predicted molar refractivity (Wildman–Crippen MR) is 144 cm³/mol. The van der Waals surface area contributed by atoms with Gasteiger partial charge in [-0.25, -0.2) is 8.42 Å². The Labute approximate surface area is 229 Å².